The lowest BCUT2D eigenvalue weighted by atomic mass is 10.3. The van der Waals surface area contributed by atoms with Crippen LogP contribution in [0.4, 0.5) is 0 Å². The van der Waals surface area contributed by atoms with E-state index >= 15 is 0 Å². The summed E-state index contributed by atoms with van der Waals surface area (Å²) in [5.74, 6) is 0.188. The van der Waals surface area contributed by atoms with Gasteiger partial charge in [-0.15, -0.1) is 0 Å². The lowest BCUT2D eigenvalue weighted by molar-refractivity contribution is 0.326. The normalized spacial score (nSPS) is 15.4. The Kier molecular flexibility index (Phi) is 6.37. The topological polar surface area (TPSA) is 67.0 Å². The van der Waals surface area contributed by atoms with Crippen molar-refractivity contribution in [2.75, 3.05) is 13.2 Å². The molecule has 2 unspecified atom stereocenters. The van der Waals surface area contributed by atoms with Crippen molar-refractivity contribution in [3.05, 3.63) is 48.5 Å². The number of nitrogens with one attached hydrogen (secondary N) is 2. The van der Waals surface area contributed by atoms with Gasteiger partial charge in [0.15, 0.2) is 0 Å². The lowest BCUT2D eigenvalue weighted by Crippen LogP contribution is -2.28. The summed E-state index contributed by atoms with van der Waals surface area (Å²) in [6, 6.07) is 9.38. The summed E-state index contributed by atoms with van der Waals surface area (Å²) in [6.45, 7) is 5.15. The van der Waals surface area contributed by atoms with E-state index in [4.69, 9.17) is 4.52 Å². The Morgan fingerprint density at radius 1 is 1.32 bits per heavy atom. The van der Waals surface area contributed by atoms with Gasteiger partial charge in [0.1, 0.15) is 11.6 Å². The number of imidazole rings is 1. The van der Waals surface area contributed by atoms with Crippen LogP contribution in [0.2, 0.25) is 0 Å². The molecule has 0 radical (unpaired) electrons. The number of hydrogen-bond acceptors (Lipinski definition) is 4. The van der Waals surface area contributed by atoms with Crippen LogP contribution < -0.4 is 10.6 Å². The fourth-order valence-corrected chi connectivity index (χ4v) is 4.75. The van der Waals surface area contributed by atoms with E-state index in [9.17, 15) is 4.57 Å². The molecular weight excluding hydrogens is 297 g/mol. The fourth-order valence-electron chi connectivity index (χ4n) is 2.35. The van der Waals surface area contributed by atoms with E-state index in [2.05, 4.69) is 22.2 Å². The molecule has 1 aromatic carbocycles. The summed E-state index contributed by atoms with van der Waals surface area (Å²) in [7, 11) is -3.12. The van der Waals surface area contributed by atoms with E-state index in [1.165, 1.54) is 0 Å². The van der Waals surface area contributed by atoms with E-state index in [1.807, 2.05) is 37.3 Å². The molecule has 0 spiro atoms. The van der Waals surface area contributed by atoms with Gasteiger partial charge >= 0.3 is 0 Å². The van der Waals surface area contributed by atoms with E-state index in [1.54, 1.807) is 12.4 Å². The second kappa shape index (κ2) is 8.28. The van der Waals surface area contributed by atoms with Crippen LogP contribution in [0.3, 0.4) is 0 Å². The first-order chi connectivity index (χ1) is 10.7. The number of hydrogen-bond donors (Lipinski definition) is 2. The Morgan fingerprint density at radius 3 is 2.68 bits per heavy atom. The van der Waals surface area contributed by atoms with Crippen molar-refractivity contribution < 1.29 is 9.09 Å². The SMILES string of the molecule is CCCCNC(c1ncc[nH]1)P(=O)(OCC)c1ccccc1. The minimum absolute atomic E-state index is 0.388. The van der Waals surface area contributed by atoms with E-state index in [-0.39, 0.29) is 0 Å². The number of nitrogens with zero attached hydrogens (tertiary/aromatic N) is 1. The van der Waals surface area contributed by atoms with Crippen molar-refractivity contribution in [1.29, 1.82) is 0 Å². The first-order valence-corrected chi connectivity index (χ1v) is 9.44. The average Bonchev–Trinajstić information content (AvgIpc) is 3.06. The molecule has 1 heterocycles. The summed E-state index contributed by atoms with van der Waals surface area (Å²) >= 11 is 0. The minimum atomic E-state index is -3.12. The van der Waals surface area contributed by atoms with Crippen LogP contribution >= 0.6 is 7.37 Å². The van der Waals surface area contributed by atoms with Crippen molar-refractivity contribution in [3.63, 3.8) is 0 Å². The minimum Gasteiger partial charge on any atom is -0.347 e. The van der Waals surface area contributed by atoms with Crippen LogP contribution in [0, 0.1) is 0 Å². The molecule has 0 amide bonds. The zero-order valence-electron chi connectivity index (χ0n) is 13.2. The molecule has 0 saturated carbocycles. The van der Waals surface area contributed by atoms with Crippen molar-refractivity contribution in [3.8, 4) is 0 Å². The molecule has 0 fully saturated rings. The molecule has 22 heavy (non-hydrogen) atoms. The summed E-state index contributed by atoms with van der Waals surface area (Å²) in [5.41, 5.74) is 0. The van der Waals surface area contributed by atoms with Gasteiger partial charge in [-0.1, -0.05) is 31.5 Å². The zero-order valence-corrected chi connectivity index (χ0v) is 14.1. The van der Waals surface area contributed by atoms with Gasteiger partial charge in [0.05, 0.1) is 6.61 Å². The Morgan fingerprint density at radius 2 is 2.09 bits per heavy atom. The molecule has 6 heteroatoms. The van der Waals surface area contributed by atoms with Crippen molar-refractivity contribution >= 4 is 12.7 Å². The van der Waals surface area contributed by atoms with Gasteiger partial charge in [-0.3, -0.25) is 9.88 Å². The Bertz CT molecular complexity index is 587. The second-order valence-electron chi connectivity index (χ2n) is 5.03. The van der Waals surface area contributed by atoms with E-state index in [0.717, 1.165) is 19.4 Å². The second-order valence-corrected chi connectivity index (χ2v) is 7.52. The number of aromatic amines is 1. The monoisotopic (exact) mass is 321 g/mol. The highest BCUT2D eigenvalue weighted by Gasteiger charge is 2.38. The summed E-state index contributed by atoms with van der Waals surface area (Å²) in [6.07, 6.45) is 5.50. The molecule has 0 aliphatic rings. The standard InChI is InChI=1S/C16H24N3O2P/c1-3-5-11-19-16(15-17-12-13-18-15)22(20,21-4-2)14-9-7-6-8-10-14/h6-10,12-13,16,19H,3-5,11H2,1-2H3,(H,17,18). The fraction of sp³-hybridized carbons (Fsp3) is 0.438. The van der Waals surface area contributed by atoms with Crippen LogP contribution in [0.1, 0.15) is 38.3 Å². The van der Waals surface area contributed by atoms with Gasteiger partial charge in [-0.25, -0.2) is 4.98 Å². The molecule has 2 atom stereocenters. The first kappa shape index (κ1) is 16.9. The zero-order chi connectivity index (χ0) is 15.8. The predicted octanol–water partition coefficient (Wildman–Crippen LogP) is 3.44. The van der Waals surface area contributed by atoms with Gasteiger partial charge in [0.25, 0.3) is 7.37 Å². The Labute approximate surface area is 132 Å². The van der Waals surface area contributed by atoms with Gasteiger partial charge in [-0.2, -0.15) is 0 Å². The van der Waals surface area contributed by atoms with Crippen LogP contribution in [0.15, 0.2) is 42.7 Å². The molecule has 0 aliphatic carbocycles. The quantitative estimate of drug-likeness (QED) is 0.548. The molecule has 0 bridgehead atoms. The summed E-state index contributed by atoms with van der Waals surface area (Å²) < 4.78 is 19.4. The molecule has 2 rings (SSSR count). The third kappa shape index (κ3) is 3.86. The maximum atomic E-state index is 13.7. The van der Waals surface area contributed by atoms with Crippen molar-refractivity contribution in [1.82, 2.24) is 15.3 Å². The maximum Gasteiger partial charge on any atom is 0.256 e. The number of benzene rings is 1. The largest absolute Gasteiger partial charge is 0.347 e. The van der Waals surface area contributed by atoms with Crippen LogP contribution in [0.25, 0.3) is 0 Å². The van der Waals surface area contributed by atoms with Gasteiger partial charge in [0.2, 0.25) is 0 Å². The summed E-state index contributed by atoms with van der Waals surface area (Å²) in [4.78, 5) is 7.37. The average molecular weight is 321 g/mol. The number of H-pyrrole nitrogens is 1. The van der Waals surface area contributed by atoms with Gasteiger partial charge in [0, 0.05) is 17.7 Å². The smallest absolute Gasteiger partial charge is 0.256 e. The van der Waals surface area contributed by atoms with Crippen molar-refractivity contribution in [2.45, 2.75) is 32.5 Å². The molecule has 0 saturated heterocycles. The number of rotatable bonds is 9. The predicted molar refractivity (Wildman–Crippen MR) is 89.5 cm³/mol. The van der Waals surface area contributed by atoms with Gasteiger partial charge in [-0.05, 0) is 32.0 Å². The first-order valence-electron chi connectivity index (χ1n) is 7.75. The third-order valence-electron chi connectivity index (χ3n) is 3.42. The molecular formula is C16H24N3O2P. The highest BCUT2D eigenvalue weighted by atomic mass is 31.2. The molecule has 1 aromatic heterocycles. The maximum absolute atomic E-state index is 13.7. The van der Waals surface area contributed by atoms with Crippen LogP contribution in [-0.2, 0) is 9.09 Å². The van der Waals surface area contributed by atoms with Crippen LogP contribution in [0.5, 0.6) is 0 Å². The Balaban J connectivity index is 2.38. The third-order valence-corrected chi connectivity index (χ3v) is 6.19. The molecule has 2 N–H and O–H groups in total. The van der Waals surface area contributed by atoms with Gasteiger partial charge < -0.3 is 9.51 Å². The highest BCUT2D eigenvalue weighted by Crippen LogP contribution is 2.56. The summed E-state index contributed by atoms with van der Waals surface area (Å²) in [5, 5.41) is 4.08. The van der Waals surface area contributed by atoms with E-state index < -0.39 is 13.2 Å². The molecule has 5 nitrogen and oxygen atoms in total. The number of unbranched alkanes of at least 4 members (excludes halogenated alkanes) is 1. The molecule has 2 aromatic rings. The highest BCUT2D eigenvalue weighted by molar-refractivity contribution is 7.67. The Hall–Kier alpha value is -1.42. The van der Waals surface area contributed by atoms with Crippen LogP contribution in [-0.4, -0.2) is 23.1 Å². The van der Waals surface area contributed by atoms with E-state index in [0.29, 0.717) is 17.7 Å². The van der Waals surface area contributed by atoms with Crippen molar-refractivity contribution in [2.24, 2.45) is 0 Å². The molecule has 120 valence electrons. The molecule has 0 aliphatic heterocycles. The lowest BCUT2D eigenvalue weighted by Gasteiger charge is -2.27. The number of aromatic nitrogens is 2.